The first kappa shape index (κ1) is 8.79. The zero-order chi connectivity index (χ0) is 8.10. The van der Waals surface area contributed by atoms with E-state index >= 15 is 0 Å². The van der Waals surface area contributed by atoms with Gasteiger partial charge in [0.1, 0.15) is 0 Å². The van der Waals surface area contributed by atoms with Crippen LogP contribution in [-0.4, -0.2) is 11.2 Å². The van der Waals surface area contributed by atoms with Crippen LogP contribution in [0.2, 0.25) is 0 Å². The zero-order valence-electron chi connectivity index (χ0n) is 7.13. The van der Waals surface area contributed by atoms with Crippen molar-refractivity contribution in [2.24, 2.45) is 5.92 Å². The van der Waals surface area contributed by atoms with E-state index in [-0.39, 0.29) is 6.10 Å². The summed E-state index contributed by atoms with van der Waals surface area (Å²) in [6.45, 7) is 3.54. The van der Waals surface area contributed by atoms with Gasteiger partial charge in [-0.1, -0.05) is 38.2 Å². The van der Waals surface area contributed by atoms with Gasteiger partial charge in [-0.05, 0) is 12.3 Å². The second kappa shape index (κ2) is 4.55. The Labute approximate surface area is 69.1 Å². The largest absolute Gasteiger partial charge is 0.389 e. The molecule has 1 nitrogen and oxygen atoms in total. The molecule has 0 amide bonds. The van der Waals surface area contributed by atoms with E-state index in [1.165, 1.54) is 25.7 Å². The van der Waals surface area contributed by atoms with Gasteiger partial charge in [-0.25, -0.2) is 0 Å². The molecule has 1 aliphatic rings. The Morgan fingerprint density at radius 1 is 1.45 bits per heavy atom. The Bertz CT molecular complexity index is 116. The first-order valence-corrected chi connectivity index (χ1v) is 4.63. The summed E-state index contributed by atoms with van der Waals surface area (Å²) in [6.07, 6.45) is 8.97. The second-order valence-corrected chi connectivity index (χ2v) is 3.53. The van der Waals surface area contributed by atoms with Crippen molar-refractivity contribution in [3.8, 4) is 0 Å². The summed E-state index contributed by atoms with van der Waals surface area (Å²) in [5.74, 6) is 1.04. The van der Waals surface area contributed by atoms with Crippen LogP contribution in [0, 0.1) is 5.92 Å². The van der Waals surface area contributed by atoms with Crippen LogP contribution in [0.25, 0.3) is 0 Å². The topological polar surface area (TPSA) is 20.2 Å². The lowest BCUT2D eigenvalue weighted by atomic mass is 10.1. The summed E-state index contributed by atoms with van der Waals surface area (Å²) < 4.78 is 0. The molecule has 0 radical (unpaired) electrons. The fourth-order valence-electron chi connectivity index (χ4n) is 1.31. The standard InChI is InChI=1S/C10H18O/c1-2-10(11)6-4-3-5-9-7-8-9/h2,9-11H,1,3-8H2/t10-/m1/s1. The van der Waals surface area contributed by atoms with Crippen molar-refractivity contribution in [1.82, 2.24) is 0 Å². The van der Waals surface area contributed by atoms with Crippen molar-refractivity contribution in [1.29, 1.82) is 0 Å². The van der Waals surface area contributed by atoms with E-state index in [9.17, 15) is 0 Å². The van der Waals surface area contributed by atoms with Crippen molar-refractivity contribution in [2.75, 3.05) is 0 Å². The second-order valence-electron chi connectivity index (χ2n) is 3.53. The number of hydrogen-bond acceptors (Lipinski definition) is 1. The molecule has 64 valence electrons. The molecule has 1 aliphatic carbocycles. The van der Waals surface area contributed by atoms with Gasteiger partial charge in [0.05, 0.1) is 6.10 Å². The van der Waals surface area contributed by atoms with Crippen molar-refractivity contribution < 1.29 is 5.11 Å². The van der Waals surface area contributed by atoms with Gasteiger partial charge in [0.25, 0.3) is 0 Å². The Morgan fingerprint density at radius 3 is 2.73 bits per heavy atom. The molecule has 0 aromatic rings. The summed E-state index contributed by atoms with van der Waals surface area (Å²) in [7, 11) is 0. The van der Waals surface area contributed by atoms with Gasteiger partial charge in [0, 0.05) is 0 Å². The number of aliphatic hydroxyl groups is 1. The molecule has 1 fully saturated rings. The first-order chi connectivity index (χ1) is 5.33. The molecule has 1 N–H and O–H groups in total. The lowest BCUT2D eigenvalue weighted by Crippen LogP contribution is -2.00. The molecule has 1 saturated carbocycles. The molecule has 0 aliphatic heterocycles. The van der Waals surface area contributed by atoms with Crippen LogP contribution in [0.3, 0.4) is 0 Å². The highest BCUT2D eigenvalue weighted by Gasteiger charge is 2.19. The van der Waals surface area contributed by atoms with Crippen LogP contribution in [0.4, 0.5) is 0 Å². The van der Waals surface area contributed by atoms with Gasteiger partial charge in [-0.15, -0.1) is 6.58 Å². The predicted molar refractivity (Wildman–Crippen MR) is 47.4 cm³/mol. The van der Waals surface area contributed by atoms with E-state index in [1.807, 2.05) is 0 Å². The lowest BCUT2D eigenvalue weighted by molar-refractivity contribution is 0.208. The van der Waals surface area contributed by atoms with Crippen molar-refractivity contribution in [2.45, 2.75) is 44.6 Å². The molecular weight excluding hydrogens is 136 g/mol. The van der Waals surface area contributed by atoms with Gasteiger partial charge in [-0.3, -0.25) is 0 Å². The van der Waals surface area contributed by atoms with Crippen LogP contribution < -0.4 is 0 Å². The third kappa shape index (κ3) is 4.20. The molecule has 0 saturated heterocycles. The number of aliphatic hydroxyl groups excluding tert-OH is 1. The summed E-state index contributed by atoms with van der Waals surface area (Å²) in [4.78, 5) is 0. The Balaban J connectivity index is 1.82. The lowest BCUT2D eigenvalue weighted by Gasteiger charge is -2.03. The SMILES string of the molecule is C=C[C@@H](O)CCCCC1CC1. The van der Waals surface area contributed by atoms with Gasteiger partial charge in [0.15, 0.2) is 0 Å². The van der Waals surface area contributed by atoms with E-state index in [0.29, 0.717) is 0 Å². The van der Waals surface area contributed by atoms with E-state index in [1.54, 1.807) is 6.08 Å². The van der Waals surface area contributed by atoms with Crippen molar-refractivity contribution in [3.05, 3.63) is 12.7 Å². The van der Waals surface area contributed by atoms with Gasteiger partial charge in [0.2, 0.25) is 0 Å². The molecule has 0 aromatic heterocycles. The minimum Gasteiger partial charge on any atom is -0.389 e. The summed E-state index contributed by atoms with van der Waals surface area (Å²) in [6, 6.07) is 0. The molecule has 11 heavy (non-hydrogen) atoms. The Morgan fingerprint density at radius 2 is 2.18 bits per heavy atom. The molecule has 1 heteroatoms. The molecule has 1 atom stereocenters. The molecular formula is C10H18O. The maximum atomic E-state index is 9.12. The van der Waals surface area contributed by atoms with Gasteiger partial charge in [-0.2, -0.15) is 0 Å². The fourth-order valence-corrected chi connectivity index (χ4v) is 1.31. The first-order valence-electron chi connectivity index (χ1n) is 4.63. The van der Waals surface area contributed by atoms with E-state index in [4.69, 9.17) is 5.11 Å². The number of hydrogen-bond donors (Lipinski definition) is 1. The average molecular weight is 154 g/mol. The Kier molecular flexibility index (Phi) is 3.64. The molecule has 0 aromatic carbocycles. The van der Waals surface area contributed by atoms with Crippen LogP contribution >= 0.6 is 0 Å². The van der Waals surface area contributed by atoms with Crippen LogP contribution in [-0.2, 0) is 0 Å². The molecule has 1 rings (SSSR count). The van der Waals surface area contributed by atoms with E-state index in [2.05, 4.69) is 6.58 Å². The van der Waals surface area contributed by atoms with Crippen LogP contribution in [0.15, 0.2) is 12.7 Å². The summed E-state index contributed by atoms with van der Waals surface area (Å²) >= 11 is 0. The maximum absolute atomic E-state index is 9.12. The number of rotatable bonds is 6. The Hall–Kier alpha value is -0.300. The molecule has 0 bridgehead atoms. The quantitative estimate of drug-likeness (QED) is 0.460. The fraction of sp³-hybridized carbons (Fsp3) is 0.800. The molecule has 0 heterocycles. The molecule has 0 spiro atoms. The van der Waals surface area contributed by atoms with Gasteiger partial charge >= 0.3 is 0 Å². The zero-order valence-corrected chi connectivity index (χ0v) is 7.13. The van der Waals surface area contributed by atoms with Crippen molar-refractivity contribution >= 4 is 0 Å². The van der Waals surface area contributed by atoms with Gasteiger partial charge < -0.3 is 5.11 Å². The third-order valence-corrected chi connectivity index (χ3v) is 2.33. The highest BCUT2D eigenvalue weighted by atomic mass is 16.3. The van der Waals surface area contributed by atoms with Crippen LogP contribution in [0.5, 0.6) is 0 Å². The number of unbranched alkanes of at least 4 members (excludes halogenated alkanes) is 1. The third-order valence-electron chi connectivity index (χ3n) is 2.33. The van der Waals surface area contributed by atoms with E-state index < -0.39 is 0 Å². The minimum absolute atomic E-state index is 0.269. The maximum Gasteiger partial charge on any atom is 0.0718 e. The average Bonchev–Trinajstić information content (AvgIpc) is 2.81. The summed E-state index contributed by atoms with van der Waals surface area (Å²) in [5, 5.41) is 9.12. The molecule has 0 unspecified atom stereocenters. The van der Waals surface area contributed by atoms with Crippen molar-refractivity contribution in [3.63, 3.8) is 0 Å². The highest BCUT2D eigenvalue weighted by molar-refractivity contribution is 4.78. The summed E-state index contributed by atoms with van der Waals surface area (Å²) in [5.41, 5.74) is 0. The van der Waals surface area contributed by atoms with E-state index in [0.717, 1.165) is 18.8 Å². The predicted octanol–water partition coefficient (Wildman–Crippen LogP) is 2.50. The monoisotopic (exact) mass is 154 g/mol. The van der Waals surface area contributed by atoms with Crippen LogP contribution in [0.1, 0.15) is 38.5 Å². The highest BCUT2D eigenvalue weighted by Crippen LogP contribution is 2.34. The minimum atomic E-state index is -0.269. The normalized spacial score (nSPS) is 19.7. The smallest absolute Gasteiger partial charge is 0.0718 e.